The van der Waals surface area contributed by atoms with Crippen molar-refractivity contribution in [3.63, 3.8) is 0 Å². The van der Waals surface area contributed by atoms with Crippen LogP contribution in [0.25, 0.3) is 5.70 Å². The molecule has 0 bridgehead atoms. The number of hydrogen-bond acceptors (Lipinski definition) is 6. The van der Waals surface area contributed by atoms with Gasteiger partial charge >= 0.3 is 0 Å². The Morgan fingerprint density at radius 2 is 2.03 bits per heavy atom. The molecule has 1 aromatic carbocycles. The first-order valence-electron chi connectivity index (χ1n) is 9.60. The van der Waals surface area contributed by atoms with E-state index < -0.39 is 11.6 Å². The fourth-order valence-electron chi connectivity index (χ4n) is 3.51. The Morgan fingerprint density at radius 1 is 1.29 bits per heavy atom. The van der Waals surface area contributed by atoms with Gasteiger partial charge in [0.15, 0.2) is 5.84 Å². The molecular weight excluding hydrogens is 404 g/mol. The smallest absolute Gasteiger partial charge is 0.225 e. The number of aliphatic imine (C=N–C) groups is 1. The van der Waals surface area contributed by atoms with Gasteiger partial charge in [0, 0.05) is 30.6 Å². The maximum atomic E-state index is 14.1. The van der Waals surface area contributed by atoms with E-state index in [-0.39, 0.29) is 17.2 Å². The van der Waals surface area contributed by atoms with E-state index in [0.717, 1.165) is 25.0 Å². The molecule has 162 valence electrons. The van der Waals surface area contributed by atoms with Gasteiger partial charge < -0.3 is 11.5 Å². The molecule has 0 radical (unpaired) electrons. The lowest BCUT2D eigenvalue weighted by molar-refractivity contribution is -0.110. The number of nitrogens with zero attached hydrogens (tertiary/aromatic N) is 3. The molecule has 1 unspecified atom stereocenters. The lowest BCUT2D eigenvalue weighted by atomic mass is 9.84. The number of halogens is 2. The Balaban J connectivity index is 1.95. The molecule has 1 atom stereocenters. The highest BCUT2D eigenvalue weighted by Gasteiger charge is 2.24. The summed E-state index contributed by atoms with van der Waals surface area (Å²) in [5.41, 5.74) is 19.3. The molecule has 1 aliphatic carbocycles. The van der Waals surface area contributed by atoms with Crippen LogP contribution >= 0.6 is 0 Å². The summed E-state index contributed by atoms with van der Waals surface area (Å²) < 4.78 is 28.1. The summed E-state index contributed by atoms with van der Waals surface area (Å²) in [4.78, 5) is 23.4. The first kappa shape index (κ1) is 21.9. The van der Waals surface area contributed by atoms with E-state index in [1.54, 1.807) is 13.2 Å². The van der Waals surface area contributed by atoms with Crippen molar-refractivity contribution in [1.82, 2.24) is 20.8 Å². The maximum absolute atomic E-state index is 14.1. The number of benzene rings is 1. The topological polar surface area (TPSA) is 131 Å². The molecule has 0 saturated heterocycles. The first-order valence-corrected chi connectivity index (χ1v) is 9.60. The third-order valence-corrected chi connectivity index (χ3v) is 4.99. The van der Waals surface area contributed by atoms with Gasteiger partial charge in [-0.05, 0) is 43.0 Å². The SMILES string of the molecule is CN=C(NNC=O)c1cncc(C2CCCC(/C=C(\N)c3c(F)cccc3F)=C2N)n1. The number of carbonyl (C=O) groups is 1. The van der Waals surface area contributed by atoms with Gasteiger partial charge in [0.25, 0.3) is 0 Å². The minimum Gasteiger partial charge on any atom is -0.401 e. The second-order valence-corrected chi connectivity index (χ2v) is 6.91. The summed E-state index contributed by atoms with van der Waals surface area (Å²) >= 11 is 0. The predicted molar refractivity (Wildman–Crippen MR) is 113 cm³/mol. The number of amides is 1. The summed E-state index contributed by atoms with van der Waals surface area (Å²) in [7, 11) is 1.55. The molecule has 1 aliphatic rings. The van der Waals surface area contributed by atoms with Gasteiger partial charge in [0.05, 0.1) is 17.5 Å². The average molecular weight is 427 g/mol. The van der Waals surface area contributed by atoms with Crippen molar-refractivity contribution in [2.45, 2.75) is 25.2 Å². The summed E-state index contributed by atoms with van der Waals surface area (Å²) in [6.07, 6.45) is 7.25. The zero-order valence-electron chi connectivity index (χ0n) is 16.9. The zero-order valence-corrected chi connectivity index (χ0v) is 16.9. The molecule has 2 aromatic rings. The number of carbonyl (C=O) groups excluding carboxylic acids is 1. The Labute approximate surface area is 178 Å². The van der Waals surface area contributed by atoms with Crippen LogP contribution in [0.1, 0.15) is 42.1 Å². The van der Waals surface area contributed by atoms with E-state index in [4.69, 9.17) is 11.5 Å². The Bertz CT molecular complexity index is 1050. The lowest BCUT2D eigenvalue weighted by Crippen LogP contribution is -2.37. The van der Waals surface area contributed by atoms with Gasteiger partial charge in [-0.2, -0.15) is 0 Å². The Hall–Kier alpha value is -3.82. The molecule has 0 aliphatic heterocycles. The number of rotatable bonds is 6. The van der Waals surface area contributed by atoms with Crippen LogP contribution in [0, 0.1) is 11.6 Å². The first-order chi connectivity index (χ1) is 15.0. The van der Waals surface area contributed by atoms with E-state index in [2.05, 4.69) is 25.8 Å². The largest absolute Gasteiger partial charge is 0.401 e. The van der Waals surface area contributed by atoms with Crippen molar-refractivity contribution < 1.29 is 13.6 Å². The number of nitrogens with two attached hydrogens (primary N) is 2. The normalized spacial score (nSPS) is 17.5. The molecule has 1 amide bonds. The molecule has 0 saturated carbocycles. The van der Waals surface area contributed by atoms with E-state index >= 15 is 0 Å². The molecule has 1 heterocycles. The molecule has 0 spiro atoms. The summed E-state index contributed by atoms with van der Waals surface area (Å²) in [5, 5.41) is 0. The fourth-order valence-corrected chi connectivity index (χ4v) is 3.51. The van der Waals surface area contributed by atoms with Crippen molar-refractivity contribution >= 4 is 17.9 Å². The molecule has 8 nitrogen and oxygen atoms in total. The number of allylic oxidation sites excluding steroid dienone is 3. The third-order valence-electron chi connectivity index (χ3n) is 4.99. The second kappa shape index (κ2) is 9.79. The van der Waals surface area contributed by atoms with Crippen molar-refractivity contribution in [2.24, 2.45) is 16.5 Å². The molecule has 31 heavy (non-hydrogen) atoms. The maximum Gasteiger partial charge on any atom is 0.225 e. The van der Waals surface area contributed by atoms with Crippen LogP contribution in [0.4, 0.5) is 8.78 Å². The number of nitrogens with one attached hydrogen (secondary N) is 2. The summed E-state index contributed by atoms with van der Waals surface area (Å²) in [5.74, 6) is -1.38. The minimum atomic E-state index is -0.735. The van der Waals surface area contributed by atoms with Crippen molar-refractivity contribution in [1.29, 1.82) is 0 Å². The summed E-state index contributed by atoms with van der Waals surface area (Å²) in [6, 6.07) is 3.59. The van der Waals surface area contributed by atoms with Crippen LogP contribution in [0.2, 0.25) is 0 Å². The van der Waals surface area contributed by atoms with Crippen molar-refractivity contribution in [3.05, 3.63) is 76.5 Å². The number of hydrazine groups is 1. The lowest BCUT2D eigenvalue weighted by Gasteiger charge is -2.25. The van der Waals surface area contributed by atoms with Crippen LogP contribution in [-0.2, 0) is 4.79 Å². The molecular formula is C21H23F2N7O. The molecule has 1 aromatic heterocycles. The zero-order chi connectivity index (χ0) is 22.4. The Morgan fingerprint density at radius 3 is 2.71 bits per heavy atom. The quantitative estimate of drug-likeness (QED) is 0.241. The van der Waals surface area contributed by atoms with Crippen LogP contribution in [-0.4, -0.2) is 29.3 Å². The highest BCUT2D eigenvalue weighted by molar-refractivity contribution is 5.96. The fraction of sp³-hybridized carbons (Fsp3) is 0.238. The number of aromatic nitrogens is 2. The molecule has 6 N–H and O–H groups in total. The van der Waals surface area contributed by atoms with Gasteiger partial charge in [-0.1, -0.05) is 6.07 Å². The van der Waals surface area contributed by atoms with Crippen LogP contribution < -0.4 is 22.3 Å². The van der Waals surface area contributed by atoms with E-state index in [1.807, 2.05) is 0 Å². The van der Waals surface area contributed by atoms with Crippen LogP contribution in [0.15, 0.2) is 52.9 Å². The second-order valence-electron chi connectivity index (χ2n) is 6.91. The van der Waals surface area contributed by atoms with Gasteiger partial charge in [0.2, 0.25) is 6.41 Å². The highest BCUT2D eigenvalue weighted by Crippen LogP contribution is 2.35. The summed E-state index contributed by atoms with van der Waals surface area (Å²) in [6.45, 7) is 0. The monoisotopic (exact) mass is 427 g/mol. The molecule has 3 rings (SSSR count). The van der Waals surface area contributed by atoms with Crippen LogP contribution in [0.5, 0.6) is 0 Å². The highest BCUT2D eigenvalue weighted by atomic mass is 19.1. The predicted octanol–water partition coefficient (Wildman–Crippen LogP) is 1.86. The third kappa shape index (κ3) is 4.85. The molecule has 0 fully saturated rings. The van der Waals surface area contributed by atoms with Gasteiger partial charge in [0.1, 0.15) is 17.3 Å². The van der Waals surface area contributed by atoms with Crippen LogP contribution in [0.3, 0.4) is 0 Å². The Kier molecular flexibility index (Phi) is 6.91. The number of hydrogen-bond donors (Lipinski definition) is 4. The average Bonchev–Trinajstić information content (AvgIpc) is 2.76. The molecule has 10 heteroatoms. The van der Waals surface area contributed by atoms with Crippen molar-refractivity contribution in [2.75, 3.05) is 7.05 Å². The van der Waals surface area contributed by atoms with E-state index in [0.29, 0.717) is 41.3 Å². The van der Waals surface area contributed by atoms with Gasteiger partial charge in [-0.15, -0.1) is 0 Å². The number of amidine groups is 1. The van der Waals surface area contributed by atoms with Gasteiger partial charge in [-0.25, -0.2) is 13.8 Å². The minimum absolute atomic E-state index is 0.0291. The standard InChI is InChI=1S/C21H23F2N7O/c1-26-21(30-28-11-31)18-10-27-9-17(29-18)13-5-2-4-12(20(13)25)8-16(24)19-14(22)6-3-7-15(19)23/h3,6-11,13H,2,4-5,24-25H2,1H3,(H,26,30)(H,28,31)/b16-8-. The van der Waals surface area contributed by atoms with E-state index in [1.165, 1.54) is 18.3 Å². The van der Waals surface area contributed by atoms with Crippen molar-refractivity contribution in [3.8, 4) is 0 Å². The van der Waals surface area contributed by atoms with Gasteiger partial charge in [-0.3, -0.25) is 25.6 Å². The van der Waals surface area contributed by atoms with E-state index in [9.17, 15) is 13.6 Å².